The quantitative estimate of drug-likeness (QED) is 0.366. The van der Waals surface area contributed by atoms with E-state index < -0.39 is 12.0 Å². The molecule has 1 aliphatic rings. The minimum atomic E-state index is -0.944. The van der Waals surface area contributed by atoms with Crippen LogP contribution in [0.15, 0.2) is 23.8 Å². The van der Waals surface area contributed by atoms with Gasteiger partial charge in [0.25, 0.3) is 0 Å². The van der Waals surface area contributed by atoms with E-state index in [9.17, 15) is 4.79 Å². The Hall–Kier alpha value is -0.550. The average Bonchev–Trinajstić information content (AvgIpc) is 2.39. The second-order valence-electron chi connectivity index (χ2n) is 4.82. The third-order valence-electron chi connectivity index (χ3n) is 3.51. The molecule has 0 saturated carbocycles. The molecular formula is C13H20Cl2N2O2. The van der Waals surface area contributed by atoms with Crippen molar-refractivity contribution < 1.29 is 9.90 Å². The van der Waals surface area contributed by atoms with Gasteiger partial charge in [-0.2, -0.15) is 0 Å². The largest absolute Gasteiger partial charge is 0.480 e. The highest BCUT2D eigenvalue weighted by atomic mass is 35.5. The zero-order chi connectivity index (χ0) is 14.3. The monoisotopic (exact) mass is 306 g/mol. The molecule has 0 saturated heterocycles. The number of hydrazine groups is 1. The number of nitrogens with two attached hydrogens (primary N) is 1. The number of alkyl halides is 2. The average molecular weight is 307 g/mol. The summed E-state index contributed by atoms with van der Waals surface area (Å²) in [6.45, 7) is 0. The van der Waals surface area contributed by atoms with Crippen LogP contribution in [-0.2, 0) is 4.79 Å². The van der Waals surface area contributed by atoms with E-state index in [4.69, 9.17) is 34.2 Å². The van der Waals surface area contributed by atoms with Crippen molar-refractivity contribution in [2.75, 3.05) is 11.8 Å². The molecule has 0 aliphatic heterocycles. The zero-order valence-electron chi connectivity index (χ0n) is 10.7. The summed E-state index contributed by atoms with van der Waals surface area (Å²) in [5.41, 5.74) is 3.29. The lowest BCUT2D eigenvalue weighted by Gasteiger charge is -2.34. The molecule has 0 fully saturated rings. The molecule has 1 unspecified atom stereocenters. The molecule has 0 aromatic heterocycles. The van der Waals surface area contributed by atoms with Gasteiger partial charge < -0.3 is 5.11 Å². The second-order valence-corrected chi connectivity index (χ2v) is 5.57. The number of hydrogen-bond donors (Lipinski definition) is 3. The smallest absolute Gasteiger partial charge is 0.322 e. The Labute approximate surface area is 123 Å². The van der Waals surface area contributed by atoms with Crippen LogP contribution in [0.4, 0.5) is 0 Å². The van der Waals surface area contributed by atoms with Gasteiger partial charge in [0.1, 0.15) is 6.04 Å². The fourth-order valence-corrected chi connectivity index (χ4v) is 2.89. The van der Waals surface area contributed by atoms with Crippen LogP contribution in [0.25, 0.3) is 0 Å². The van der Waals surface area contributed by atoms with E-state index in [2.05, 4.69) is 17.6 Å². The van der Waals surface area contributed by atoms with E-state index in [1.165, 1.54) is 5.57 Å². The number of carboxylic acid groups (broad SMARTS) is 1. The molecule has 0 radical (unpaired) electrons. The van der Waals surface area contributed by atoms with Crippen molar-refractivity contribution in [3.63, 3.8) is 0 Å². The predicted molar refractivity (Wildman–Crippen MR) is 78.3 cm³/mol. The van der Waals surface area contributed by atoms with Gasteiger partial charge in [0.15, 0.2) is 0 Å². The molecular weight excluding hydrogens is 287 g/mol. The number of allylic oxidation sites excluding steroid dienone is 4. The highest BCUT2D eigenvalue weighted by Gasteiger charge is 2.33. The molecule has 2 atom stereocenters. The van der Waals surface area contributed by atoms with Crippen LogP contribution in [0.5, 0.6) is 0 Å². The summed E-state index contributed by atoms with van der Waals surface area (Å²) in [5.74, 6) is 5.43. The molecule has 0 heterocycles. The second kappa shape index (κ2) is 7.90. The van der Waals surface area contributed by atoms with Crippen LogP contribution in [0.3, 0.4) is 0 Å². The summed E-state index contributed by atoms with van der Waals surface area (Å²) in [6, 6.07) is -0.768. The van der Waals surface area contributed by atoms with Crippen molar-refractivity contribution in [1.29, 1.82) is 0 Å². The number of nitrogens with one attached hydrogen (secondary N) is 1. The fourth-order valence-electron chi connectivity index (χ4n) is 2.30. The first-order valence-electron chi connectivity index (χ1n) is 6.26. The SMILES string of the molecule is NN[C@H](CC1(CCCl)C=CC(CCCl)=CC1)C(=O)O. The van der Waals surface area contributed by atoms with Crippen molar-refractivity contribution in [1.82, 2.24) is 5.43 Å². The van der Waals surface area contributed by atoms with Gasteiger partial charge in [-0.15, -0.1) is 23.2 Å². The summed E-state index contributed by atoms with van der Waals surface area (Å²) < 4.78 is 0. The minimum absolute atomic E-state index is 0.243. The summed E-state index contributed by atoms with van der Waals surface area (Å²) in [7, 11) is 0. The molecule has 19 heavy (non-hydrogen) atoms. The number of halogens is 2. The third-order valence-corrected chi connectivity index (χ3v) is 3.89. The third kappa shape index (κ3) is 4.80. The maximum absolute atomic E-state index is 11.1. The Morgan fingerprint density at radius 2 is 2.26 bits per heavy atom. The molecule has 4 N–H and O–H groups in total. The lowest BCUT2D eigenvalue weighted by molar-refractivity contribution is -0.140. The summed E-state index contributed by atoms with van der Waals surface area (Å²) in [5, 5.41) is 9.09. The van der Waals surface area contributed by atoms with Gasteiger partial charge in [-0.05, 0) is 31.1 Å². The van der Waals surface area contributed by atoms with Crippen molar-refractivity contribution in [3.8, 4) is 0 Å². The molecule has 6 heteroatoms. The van der Waals surface area contributed by atoms with E-state index in [0.29, 0.717) is 18.2 Å². The van der Waals surface area contributed by atoms with Gasteiger partial charge in [0.05, 0.1) is 0 Å². The van der Waals surface area contributed by atoms with Crippen molar-refractivity contribution in [3.05, 3.63) is 23.8 Å². The van der Waals surface area contributed by atoms with Crippen LogP contribution in [0.1, 0.15) is 25.7 Å². The first-order valence-corrected chi connectivity index (χ1v) is 7.33. The van der Waals surface area contributed by atoms with Gasteiger partial charge in [0.2, 0.25) is 0 Å². The van der Waals surface area contributed by atoms with Gasteiger partial charge in [-0.3, -0.25) is 10.6 Å². The standard InChI is InChI=1S/C13H20Cl2N2O2/c14-7-3-10-1-4-13(5-2-10,6-8-15)9-11(17-16)12(18)19/h1-2,4,11,17H,3,5-9,16H2,(H,18,19)/t11-,13?/m1/s1. The molecule has 0 aromatic carbocycles. The fraction of sp³-hybridized carbons (Fsp3) is 0.615. The number of rotatable bonds is 8. The summed E-state index contributed by atoms with van der Waals surface area (Å²) in [6.07, 6.45) is 8.94. The highest BCUT2D eigenvalue weighted by molar-refractivity contribution is 6.18. The van der Waals surface area contributed by atoms with Crippen molar-refractivity contribution in [2.24, 2.45) is 11.3 Å². The number of hydrogen-bond acceptors (Lipinski definition) is 3. The first kappa shape index (κ1) is 16.5. The van der Waals surface area contributed by atoms with E-state index >= 15 is 0 Å². The summed E-state index contributed by atoms with van der Waals surface area (Å²) >= 11 is 11.6. The maximum atomic E-state index is 11.1. The topological polar surface area (TPSA) is 75.3 Å². The van der Waals surface area contributed by atoms with Crippen LogP contribution >= 0.6 is 23.2 Å². The Kier molecular flexibility index (Phi) is 6.86. The van der Waals surface area contributed by atoms with Crippen LogP contribution in [0.2, 0.25) is 0 Å². The van der Waals surface area contributed by atoms with E-state index in [1.807, 2.05) is 6.08 Å². The van der Waals surface area contributed by atoms with Crippen LogP contribution < -0.4 is 11.3 Å². The van der Waals surface area contributed by atoms with E-state index in [1.54, 1.807) is 0 Å². The highest BCUT2D eigenvalue weighted by Crippen LogP contribution is 2.38. The van der Waals surface area contributed by atoms with E-state index in [-0.39, 0.29) is 5.41 Å². The molecule has 1 aliphatic carbocycles. The van der Waals surface area contributed by atoms with Crippen LogP contribution in [0, 0.1) is 5.41 Å². The lowest BCUT2D eigenvalue weighted by Crippen LogP contribution is -2.45. The van der Waals surface area contributed by atoms with Crippen molar-refractivity contribution >= 4 is 29.2 Å². The minimum Gasteiger partial charge on any atom is -0.480 e. The summed E-state index contributed by atoms with van der Waals surface area (Å²) in [4.78, 5) is 11.1. The molecule has 0 bridgehead atoms. The normalized spacial score (nSPS) is 24.1. The predicted octanol–water partition coefficient (Wildman–Crippen LogP) is 2.42. The number of carbonyl (C=O) groups is 1. The Morgan fingerprint density at radius 1 is 1.53 bits per heavy atom. The Morgan fingerprint density at radius 3 is 2.68 bits per heavy atom. The van der Waals surface area contributed by atoms with Gasteiger partial charge in [-0.1, -0.05) is 23.8 Å². The number of carboxylic acids is 1. The van der Waals surface area contributed by atoms with Gasteiger partial charge >= 0.3 is 5.97 Å². The molecule has 0 amide bonds. The Bertz CT molecular complexity index is 372. The zero-order valence-corrected chi connectivity index (χ0v) is 12.3. The van der Waals surface area contributed by atoms with Gasteiger partial charge in [0, 0.05) is 11.8 Å². The van der Waals surface area contributed by atoms with E-state index in [0.717, 1.165) is 19.3 Å². The van der Waals surface area contributed by atoms with Crippen molar-refractivity contribution in [2.45, 2.75) is 31.7 Å². The van der Waals surface area contributed by atoms with Crippen LogP contribution in [-0.4, -0.2) is 28.9 Å². The first-order chi connectivity index (χ1) is 9.06. The molecule has 108 valence electrons. The molecule has 0 aromatic rings. The lowest BCUT2D eigenvalue weighted by atomic mass is 9.73. The maximum Gasteiger partial charge on any atom is 0.322 e. The number of aliphatic carboxylic acids is 1. The molecule has 0 spiro atoms. The van der Waals surface area contributed by atoms with Gasteiger partial charge in [-0.25, -0.2) is 5.43 Å². The Balaban J connectivity index is 2.78. The molecule has 1 rings (SSSR count). The molecule has 4 nitrogen and oxygen atoms in total.